The minimum Gasteiger partial charge on any atom is -0.302 e. The molecule has 1 heterocycles. The lowest BCUT2D eigenvalue weighted by Crippen LogP contribution is -2.38. The Hall–Kier alpha value is -2.20. The number of aromatic nitrogens is 1. The second kappa shape index (κ2) is 11.4. The highest BCUT2D eigenvalue weighted by Crippen LogP contribution is 2.34. The van der Waals surface area contributed by atoms with Crippen LogP contribution in [0, 0.1) is 10.1 Å². The van der Waals surface area contributed by atoms with Crippen LogP contribution in [0.25, 0.3) is 10.2 Å². The maximum Gasteiger partial charge on any atom is 0.269 e. The van der Waals surface area contributed by atoms with Crippen LogP contribution >= 0.6 is 35.5 Å². The number of likely N-dealkylation sites (N-methyl/N-ethyl adjacent to an activating group) is 1. The Morgan fingerprint density at radius 1 is 1.13 bits per heavy atom. The van der Waals surface area contributed by atoms with Crippen LogP contribution in [0.3, 0.4) is 0 Å². The first kappa shape index (κ1) is 25.1. The smallest absolute Gasteiger partial charge is 0.269 e. The number of benzene rings is 2. The molecule has 1 aromatic heterocycles. The molecule has 31 heavy (non-hydrogen) atoms. The SMILES string of the molecule is CCN(CC)CCN(C(=O)c1ccc([N+](=O)[O-])cc1)c1nc2c(SC)cccc2s1.Cl. The van der Waals surface area contributed by atoms with E-state index in [1.54, 1.807) is 16.7 Å². The summed E-state index contributed by atoms with van der Waals surface area (Å²) in [6.07, 6.45) is 2.01. The number of nitrogens with zero attached hydrogens (tertiary/aromatic N) is 4. The van der Waals surface area contributed by atoms with Crippen molar-refractivity contribution in [3.63, 3.8) is 0 Å². The maximum atomic E-state index is 13.3. The van der Waals surface area contributed by atoms with Gasteiger partial charge in [0.05, 0.1) is 15.1 Å². The van der Waals surface area contributed by atoms with Crippen molar-refractivity contribution < 1.29 is 9.72 Å². The van der Waals surface area contributed by atoms with Gasteiger partial charge in [-0.15, -0.1) is 24.2 Å². The molecule has 0 spiro atoms. The molecule has 3 rings (SSSR count). The fourth-order valence-corrected chi connectivity index (χ4v) is 4.78. The third kappa shape index (κ3) is 5.74. The number of fused-ring (bicyclic) bond motifs is 1. The lowest BCUT2D eigenvalue weighted by Gasteiger charge is -2.24. The molecule has 0 N–H and O–H groups in total. The van der Waals surface area contributed by atoms with Gasteiger partial charge in [0.2, 0.25) is 0 Å². The summed E-state index contributed by atoms with van der Waals surface area (Å²) >= 11 is 3.11. The number of anilines is 1. The molecule has 0 aliphatic carbocycles. The van der Waals surface area contributed by atoms with E-state index in [1.165, 1.54) is 35.6 Å². The molecule has 1 amide bonds. The van der Waals surface area contributed by atoms with Crippen LogP contribution in [-0.2, 0) is 0 Å². The van der Waals surface area contributed by atoms with Gasteiger partial charge in [-0.25, -0.2) is 4.98 Å². The molecule has 3 aromatic rings. The number of halogens is 1. The Balaban J connectivity index is 0.00000341. The molecule has 0 fully saturated rings. The standard InChI is InChI=1S/C21H24N4O3S2.ClH/c1-4-23(5-2)13-14-24(20(26)15-9-11-16(12-10-15)25(27)28)21-22-19-17(29-3)7-6-8-18(19)30-21;/h6-12H,4-5,13-14H2,1-3H3;1H. The second-order valence-corrected chi connectivity index (χ2v) is 8.45. The van der Waals surface area contributed by atoms with Gasteiger partial charge in [-0.05, 0) is 43.6 Å². The Labute approximate surface area is 196 Å². The number of thiazole rings is 1. The number of hydrogen-bond acceptors (Lipinski definition) is 7. The number of non-ortho nitro benzene ring substituents is 1. The fourth-order valence-electron chi connectivity index (χ4n) is 3.14. The molecule has 10 heteroatoms. The van der Waals surface area contributed by atoms with Gasteiger partial charge in [-0.3, -0.25) is 19.8 Å². The summed E-state index contributed by atoms with van der Waals surface area (Å²) in [7, 11) is 0. The van der Waals surface area contributed by atoms with E-state index in [4.69, 9.17) is 4.98 Å². The first-order valence-corrected chi connectivity index (χ1v) is 11.7. The van der Waals surface area contributed by atoms with Crippen LogP contribution in [-0.4, -0.2) is 53.1 Å². The molecule has 0 unspecified atom stereocenters. The first-order chi connectivity index (χ1) is 14.5. The molecule has 2 aromatic carbocycles. The number of hydrogen-bond donors (Lipinski definition) is 0. The van der Waals surface area contributed by atoms with Crippen molar-refractivity contribution in [1.82, 2.24) is 9.88 Å². The molecule has 166 valence electrons. The normalized spacial score (nSPS) is 10.8. The molecule has 0 atom stereocenters. The van der Waals surface area contributed by atoms with Gasteiger partial charge in [-0.1, -0.05) is 31.3 Å². The molecule has 0 bridgehead atoms. The third-order valence-corrected chi connectivity index (χ3v) is 6.74. The molecule has 0 aliphatic rings. The average Bonchev–Trinajstić information content (AvgIpc) is 3.20. The average molecular weight is 481 g/mol. The topological polar surface area (TPSA) is 79.6 Å². The minimum atomic E-state index is -0.468. The summed E-state index contributed by atoms with van der Waals surface area (Å²) in [5, 5.41) is 11.6. The number of carbonyl (C=O) groups excluding carboxylic acids is 1. The number of amides is 1. The van der Waals surface area contributed by atoms with Crippen LogP contribution in [0.15, 0.2) is 47.4 Å². The molecule has 0 saturated heterocycles. The monoisotopic (exact) mass is 480 g/mol. The van der Waals surface area contributed by atoms with E-state index >= 15 is 0 Å². The molecular weight excluding hydrogens is 456 g/mol. The van der Waals surface area contributed by atoms with Crippen LogP contribution < -0.4 is 4.90 Å². The largest absolute Gasteiger partial charge is 0.302 e. The highest BCUT2D eigenvalue weighted by molar-refractivity contribution is 7.98. The quantitative estimate of drug-likeness (QED) is 0.234. The zero-order chi connectivity index (χ0) is 21.7. The number of nitro groups is 1. The van der Waals surface area contributed by atoms with Gasteiger partial charge in [0.1, 0.15) is 0 Å². The molecule has 7 nitrogen and oxygen atoms in total. The highest BCUT2D eigenvalue weighted by Gasteiger charge is 2.23. The van der Waals surface area contributed by atoms with E-state index in [9.17, 15) is 14.9 Å². The summed E-state index contributed by atoms with van der Waals surface area (Å²) in [4.78, 5) is 33.6. The number of carbonyl (C=O) groups is 1. The minimum absolute atomic E-state index is 0. The van der Waals surface area contributed by atoms with Crippen LogP contribution in [0.1, 0.15) is 24.2 Å². The van der Waals surface area contributed by atoms with Gasteiger partial charge in [0.25, 0.3) is 11.6 Å². The van der Waals surface area contributed by atoms with Crippen molar-refractivity contribution >= 4 is 62.4 Å². The van der Waals surface area contributed by atoms with E-state index in [0.29, 0.717) is 17.2 Å². The Bertz CT molecular complexity index is 1040. The third-order valence-electron chi connectivity index (χ3n) is 4.93. The predicted molar refractivity (Wildman–Crippen MR) is 131 cm³/mol. The second-order valence-electron chi connectivity index (χ2n) is 6.59. The van der Waals surface area contributed by atoms with Crippen molar-refractivity contribution in [3.8, 4) is 0 Å². The van der Waals surface area contributed by atoms with Gasteiger partial charge < -0.3 is 4.90 Å². The van der Waals surface area contributed by atoms with Gasteiger partial charge in [-0.2, -0.15) is 0 Å². The highest BCUT2D eigenvalue weighted by atomic mass is 35.5. The lowest BCUT2D eigenvalue weighted by atomic mass is 10.2. The van der Waals surface area contributed by atoms with Crippen molar-refractivity contribution in [2.75, 3.05) is 37.3 Å². The Kier molecular flexibility index (Phi) is 9.24. The number of thioether (sulfide) groups is 1. The van der Waals surface area contributed by atoms with Crippen molar-refractivity contribution in [1.29, 1.82) is 0 Å². The maximum absolute atomic E-state index is 13.3. The van der Waals surface area contributed by atoms with Crippen molar-refractivity contribution in [2.24, 2.45) is 0 Å². The van der Waals surface area contributed by atoms with E-state index in [1.807, 2.05) is 24.5 Å². The van der Waals surface area contributed by atoms with E-state index in [-0.39, 0.29) is 24.0 Å². The fraction of sp³-hybridized carbons (Fsp3) is 0.333. The summed E-state index contributed by atoms with van der Waals surface area (Å²) in [5.41, 5.74) is 1.27. The van der Waals surface area contributed by atoms with Crippen LogP contribution in [0.5, 0.6) is 0 Å². The molecular formula is C21H25ClN4O3S2. The van der Waals surface area contributed by atoms with E-state index in [0.717, 1.165) is 34.7 Å². The molecule has 0 radical (unpaired) electrons. The summed E-state index contributed by atoms with van der Waals surface area (Å²) in [6, 6.07) is 11.8. The van der Waals surface area contributed by atoms with Gasteiger partial charge in [0.15, 0.2) is 5.13 Å². The number of rotatable bonds is 9. The predicted octanol–water partition coefficient (Wildman–Crippen LogP) is 5.34. The zero-order valence-corrected chi connectivity index (χ0v) is 20.1. The summed E-state index contributed by atoms with van der Waals surface area (Å²) in [6.45, 7) is 7.19. The molecule has 0 saturated carbocycles. The van der Waals surface area contributed by atoms with Gasteiger partial charge in [0, 0.05) is 35.7 Å². The van der Waals surface area contributed by atoms with Crippen LogP contribution in [0.2, 0.25) is 0 Å². The Morgan fingerprint density at radius 3 is 2.39 bits per heavy atom. The van der Waals surface area contributed by atoms with Crippen molar-refractivity contribution in [2.45, 2.75) is 18.7 Å². The van der Waals surface area contributed by atoms with E-state index < -0.39 is 4.92 Å². The summed E-state index contributed by atoms with van der Waals surface area (Å²) < 4.78 is 1.03. The summed E-state index contributed by atoms with van der Waals surface area (Å²) in [5.74, 6) is -0.207. The molecule has 0 aliphatic heterocycles. The number of nitro benzene ring substituents is 1. The number of para-hydroxylation sites is 1. The van der Waals surface area contributed by atoms with Gasteiger partial charge >= 0.3 is 0 Å². The van der Waals surface area contributed by atoms with Crippen molar-refractivity contribution in [3.05, 3.63) is 58.1 Å². The first-order valence-electron chi connectivity index (χ1n) is 9.70. The lowest BCUT2D eigenvalue weighted by molar-refractivity contribution is -0.384. The zero-order valence-electron chi connectivity index (χ0n) is 17.6. The Morgan fingerprint density at radius 2 is 1.81 bits per heavy atom. The van der Waals surface area contributed by atoms with E-state index in [2.05, 4.69) is 18.7 Å². The van der Waals surface area contributed by atoms with Crippen LogP contribution in [0.4, 0.5) is 10.8 Å².